The molecule has 2 N–H and O–H groups in total. The van der Waals surface area contributed by atoms with E-state index in [4.69, 9.17) is 15.2 Å². The van der Waals surface area contributed by atoms with E-state index < -0.39 is 0 Å². The Morgan fingerprint density at radius 3 is 2.55 bits per heavy atom. The molecule has 20 heavy (non-hydrogen) atoms. The SMILES string of the molecule is Nc1ccc(C(=O)C2CCOC3(CCOCC3)C2)cc1. The zero-order valence-electron chi connectivity index (χ0n) is 11.6. The fraction of sp³-hybridized carbons (Fsp3) is 0.562. The third kappa shape index (κ3) is 2.72. The lowest BCUT2D eigenvalue weighted by Crippen LogP contribution is -2.45. The van der Waals surface area contributed by atoms with Gasteiger partial charge in [-0.2, -0.15) is 0 Å². The van der Waals surface area contributed by atoms with E-state index in [1.54, 1.807) is 12.1 Å². The molecule has 2 aliphatic heterocycles. The Morgan fingerprint density at radius 1 is 1.15 bits per heavy atom. The Labute approximate surface area is 119 Å². The van der Waals surface area contributed by atoms with Gasteiger partial charge in [-0.1, -0.05) is 0 Å². The second-order valence-electron chi connectivity index (χ2n) is 5.82. The Kier molecular flexibility index (Phi) is 3.76. The Morgan fingerprint density at radius 2 is 1.85 bits per heavy atom. The number of hydrogen-bond acceptors (Lipinski definition) is 4. The topological polar surface area (TPSA) is 61.6 Å². The van der Waals surface area contributed by atoms with E-state index >= 15 is 0 Å². The molecule has 3 rings (SSSR count). The maximum atomic E-state index is 12.6. The van der Waals surface area contributed by atoms with Gasteiger partial charge in [0.25, 0.3) is 0 Å². The monoisotopic (exact) mass is 275 g/mol. The van der Waals surface area contributed by atoms with Gasteiger partial charge in [0.05, 0.1) is 5.60 Å². The van der Waals surface area contributed by atoms with E-state index in [2.05, 4.69) is 0 Å². The molecule has 1 aromatic carbocycles. The van der Waals surface area contributed by atoms with Gasteiger partial charge in [-0.05, 0) is 49.9 Å². The molecule has 4 heteroatoms. The Hall–Kier alpha value is -1.39. The molecule has 0 saturated carbocycles. The van der Waals surface area contributed by atoms with E-state index in [-0.39, 0.29) is 17.3 Å². The summed E-state index contributed by atoms with van der Waals surface area (Å²) in [6, 6.07) is 7.22. The average Bonchev–Trinajstić information content (AvgIpc) is 2.48. The number of nitrogens with two attached hydrogens (primary N) is 1. The van der Waals surface area contributed by atoms with Crippen molar-refractivity contribution in [2.45, 2.75) is 31.3 Å². The molecule has 0 radical (unpaired) electrons. The molecule has 2 saturated heterocycles. The summed E-state index contributed by atoms with van der Waals surface area (Å²) in [7, 11) is 0. The van der Waals surface area contributed by atoms with Crippen LogP contribution in [-0.2, 0) is 9.47 Å². The largest absolute Gasteiger partial charge is 0.399 e. The fourth-order valence-electron chi connectivity index (χ4n) is 3.23. The third-order valence-electron chi connectivity index (χ3n) is 4.46. The van der Waals surface area contributed by atoms with Crippen molar-refractivity contribution in [3.05, 3.63) is 29.8 Å². The number of hydrogen-bond donors (Lipinski definition) is 1. The molecule has 0 aliphatic carbocycles. The first-order chi connectivity index (χ1) is 9.69. The quantitative estimate of drug-likeness (QED) is 0.665. The highest BCUT2D eigenvalue weighted by molar-refractivity contribution is 5.98. The van der Waals surface area contributed by atoms with Gasteiger partial charge >= 0.3 is 0 Å². The first-order valence-corrected chi connectivity index (χ1v) is 7.30. The lowest BCUT2D eigenvalue weighted by atomic mass is 9.78. The van der Waals surface area contributed by atoms with Crippen LogP contribution in [0.15, 0.2) is 24.3 Å². The third-order valence-corrected chi connectivity index (χ3v) is 4.46. The van der Waals surface area contributed by atoms with Crippen LogP contribution in [0.1, 0.15) is 36.0 Å². The first-order valence-electron chi connectivity index (χ1n) is 7.30. The summed E-state index contributed by atoms with van der Waals surface area (Å²) in [4.78, 5) is 12.6. The van der Waals surface area contributed by atoms with E-state index in [0.717, 1.165) is 44.5 Å². The van der Waals surface area contributed by atoms with Crippen molar-refractivity contribution in [2.75, 3.05) is 25.6 Å². The van der Waals surface area contributed by atoms with Gasteiger partial charge in [-0.25, -0.2) is 0 Å². The minimum absolute atomic E-state index is 0.0606. The number of carbonyl (C=O) groups is 1. The molecule has 0 bridgehead atoms. The summed E-state index contributed by atoms with van der Waals surface area (Å²) in [5.41, 5.74) is 6.98. The lowest BCUT2D eigenvalue weighted by Gasteiger charge is -2.42. The van der Waals surface area contributed by atoms with Crippen molar-refractivity contribution in [2.24, 2.45) is 5.92 Å². The van der Waals surface area contributed by atoms with Crippen molar-refractivity contribution >= 4 is 11.5 Å². The summed E-state index contributed by atoms with van der Waals surface area (Å²) >= 11 is 0. The van der Waals surface area contributed by atoms with Gasteiger partial charge in [-0.15, -0.1) is 0 Å². The van der Waals surface area contributed by atoms with Crippen LogP contribution in [-0.4, -0.2) is 31.2 Å². The second kappa shape index (κ2) is 5.54. The number of anilines is 1. The van der Waals surface area contributed by atoms with Crippen molar-refractivity contribution < 1.29 is 14.3 Å². The lowest BCUT2D eigenvalue weighted by molar-refractivity contribution is -0.142. The second-order valence-corrected chi connectivity index (χ2v) is 5.82. The molecule has 1 atom stereocenters. The normalized spacial score (nSPS) is 25.5. The number of ether oxygens (including phenoxy) is 2. The highest BCUT2D eigenvalue weighted by atomic mass is 16.5. The number of rotatable bonds is 2. The van der Waals surface area contributed by atoms with Crippen LogP contribution in [0.2, 0.25) is 0 Å². The van der Waals surface area contributed by atoms with Crippen LogP contribution < -0.4 is 5.73 Å². The summed E-state index contributed by atoms with van der Waals surface area (Å²) in [5.74, 6) is 0.282. The molecule has 0 aromatic heterocycles. The number of benzene rings is 1. The Balaban J connectivity index is 1.73. The predicted molar refractivity (Wildman–Crippen MR) is 76.6 cm³/mol. The van der Waals surface area contributed by atoms with Gasteiger partial charge in [-0.3, -0.25) is 4.79 Å². The molecule has 1 unspecified atom stereocenters. The van der Waals surface area contributed by atoms with E-state index in [1.807, 2.05) is 12.1 Å². The van der Waals surface area contributed by atoms with Gasteiger partial charge in [0, 0.05) is 37.0 Å². The number of carbonyl (C=O) groups excluding carboxylic acids is 1. The molecule has 1 spiro atoms. The molecular weight excluding hydrogens is 254 g/mol. The molecule has 2 aliphatic rings. The average molecular weight is 275 g/mol. The molecule has 2 fully saturated rings. The Bertz CT molecular complexity index is 471. The molecule has 4 nitrogen and oxygen atoms in total. The minimum Gasteiger partial charge on any atom is -0.399 e. The zero-order chi connectivity index (χ0) is 14.0. The van der Waals surface area contributed by atoms with Gasteiger partial charge in [0.2, 0.25) is 0 Å². The number of nitrogen functional groups attached to an aromatic ring is 1. The van der Waals surface area contributed by atoms with E-state index in [0.29, 0.717) is 12.3 Å². The highest BCUT2D eigenvalue weighted by Gasteiger charge is 2.41. The predicted octanol–water partition coefficient (Wildman–Crippen LogP) is 2.43. The van der Waals surface area contributed by atoms with Crippen molar-refractivity contribution in [3.63, 3.8) is 0 Å². The van der Waals surface area contributed by atoms with Crippen LogP contribution in [0.4, 0.5) is 5.69 Å². The van der Waals surface area contributed by atoms with Gasteiger partial charge in [0.15, 0.2) is 5.78 Å². The van der Waals surface area contributed by atoms with Gasteiger partial charge in [0.1, 0.15) is 0 Å². The van der Waals surface area contributed by atoms with Crippen molar-refractivity contribution in [1.29, 1.82) is 0 Å². The molecular formula is C16H21NO3. The molecule has 1 aromatic rings. The number of Topliss-reactive ketones (excluding diaryl/α,β-unsaturated/α-hetero) is 1. The minimum atomic E-state index is -0.134. The van der Waals surface area contributed by atoms with Crippen molar-refractivity contribution in [3.8, 4) is 0 Å². The standard InChI is InChI=1S/C16H21NO3/c17-14-3-1-12(2-4-14)15(18)13-5-8-20-16(11-13)6-9-19-10-7-16/h1-4,13H,5-11,17H2. The fourth-order valence-corrected chi connectivity index (χ4v) is 3.23. The van der Waals surface area contributed by atoms with E-state index in [9.17, 15) is 4.79 Å². The van der Waals surface area contributed by atoms with Crippen LogP contribution >= 0.6 is 0 Å². The summed E-state index contributed by atoms with van der Waals surface area (Å²) in [6.45, 7) is 2.15. The van der Waals surface area contributed by atoms with Crippen molar-refractivity contribution in [1.82, 2.24) is 0 Å². The maximum Gasteiger partial charge on any atom is 0.166 e. The number of ketones is 1. The van der Waals surface area contributed by atoms with Crippen LogP contribution in [0, 0.1) is 5.92 Å². The molecule has 2 heterocycles. The smallest absolute Gasteiger partial charge is 0.166 e. The molecule has 108 valence electrons. The highest BCUT2D eigenvalue weighted by Crippen LogP contribution is 2.38. The van der Waals surface area contributed by atoms with Crippen LogP contribution in [0.5, 0.6) is 0 Å². The summed E-state index contributed by atoms with van der Waals surface area (Å²) < 4.78 is 11.4. The van der Waals surface area contributed by atoms with Crippen LogP contribution in [0.25, 0.3) is 0 Å². The first kappa shape index (κ1) is 13.6. The summed E-state index contributed by atoms with van der Waals surface area (Å²) in [6.07, 6.45) is 3.43. The van der Waals surface area contributed by atoms with Crippen LogP contribution in [0.3, 0.4) is 0 Å². The van der Waals surface area contributed by atoms with E-state index in [1.165, 1.54) is 0 Å². The summed E-state index contributed by atoms with van der Waals surface area (Å²) in [5, 5.41) is 0. The van der Waals surface area contributed by atoms with Gasteiger partial charge < -0.3 is 15.2 Å². The maximum absolute atomic E-state index is 12.6. The molecule has 0 amide bonds. The zero-order valence-corrected chi connectivity index (χ0v) is 11.6.